The van der Waals surface area contributed by atoms with Crippen LogP contribution < -0.4 is 4.90 Å². The number of benzene rings is 1. The van der Waals surface area contributed by atoms with Crippen LogP contribution in [0.2, 0.25) is 0 Å². The molecule has 0 aliphatic carbocycles. The van der Waals surface area contributed by atoms with Crippen molar-refractivity contribution in [2.75, 3.05) is 4.90 Å². The monoisotopic (exact) mass is 321 g/mol. The molecule has 0 aliphatic heterocycles. The van der Waals surface area contributed by atoms with Crippen molar-refractivity contribution in [3.63, 3.8) is 0 Å². The van der Waals surface area contributed by atoms with Crippen LogP contribution in [0.3, 0.4) is 0 Å². The lowest BCUT2D eigenvalue weighted by molar-refractivity contribution is 0.0430. The molecule has 5 nitrogen and oxygen atoms in total. The number of hydrogen-bond donors (Lipinski definition) is 0. The van der Waals surface area contributed by atoms with Crippen LogP contribution in [0.5, 0.6) is 0 Å². The van der Waals surface area contributed by atoms with Gasteiger partial charge in [0, 0.05) is 0 Å². The number of carbonyl (C=O) groups is 2. The highest BCUT2D eigenvalue weighted by atomic mass is 16.6. The number of imide groups is 1. The summed E-state index contributed by atoms with van der Waals surface area (Å²) < 4.78 is 10.7. The first kappa shape index (κ1) is 19.0. The molecule has 0 bridgehead atoms. The van der Waals surface area contributed by atoms with E-state index in [1.807, 2.05) is 26.0 Å². The van der Waals surface area contributed by atoms with Gasteiger partial charge in [0.15, 0.2) is 0 Å². The van der Waals surface area contributed by atoms with Gasteiger partial charge in [-0.3, -0.25) is 0 Å². The van der Waals surface area contributed by atoms with Crippen LogP contribution in [-0.2, 0) is 9.47 Å². The zero-order valence-corrected chi connectivity index (χ0v) is 15.3. The highest BCUT2D eigenvalue weighted by Gasteiger charge is 2.33. The van der Waals surface area contributed by atoms with Gasteiger partial charge in [-0.05, 0) is 67.0 Å². The fourth-order valence-corrected chi connectivity index (χ4v) is 1.94. The van der Waals surface area contributed by atoms with Gasteiger partial charge >= 0.3 is 12.2 Å². The van der Waals surface area contributed by atoms with E-state index < -0.39 is 23.4 Å². The third-order valence-corrected chi connectivity index (χ3v) is 2.75. The molecule has 0 saturated carbocycles. The molecule has 0 fully saturated rings. The van der Waals surface area contributed by atoms with Crippen molar-refractivity contribution in [3.05, 3.63) is 29.3 Å². The summed E-state index contributed by atoms with van der Waals surface area (Å²) in [5, 5.41) is 0. The number of amides is 2. The zero-order valence-electron chi connectivity index (χ0n) is 15.3. The molecule has 1 aromatic carbocycles. The number of anilines is 1. The summed E-state index contributed by atoms with van der Waals surface area (Å²) in [7, 11) is 0. The highest BCUT2D eigenvalue weighted by molar-refractivity contribution is 6.10. The molecule has 0 atom stereocenters. The van der Waals surface area contributed by atoms with Crippen LogP contribution in [0.4, 0.5) is 15.3 Å². The van der Waals surface area contributed by atoms with Gasteiger partial charge in [-0.15, -0.1) is 0 Å². The zero-order chi connectivity index (χ0) is 18.0. The number of carbonyl (C=O) groups excluding carboxylic acids is 2. The number of ether oxygens (including phenoxy) is 2. The first-order valence-corrected chi connectivity index (χ1v) is 7.63. The molecule has 0 heterocycles. The van der Waals surface area contributed by atoms with Crippen LogP contribution in [-0.4, -0.2) is 23.4 Å². The van der Waals surface area contributed by atoms with Gasteiger partial charge in [0.05, 0.1) is 5.69 Å². The lowest BCUT2D eigenvalue weighted by Gasteiger charge is -2.29. The van der Waals surface area contributed by atoms with E-state index in [-0.39, 0.29) is 0 Å². The van der Waals surface area contributed by atoms with Crippen molar-refractivity contribution in [3.8, 4) is 0 Å². The molecule has 128 valence electrons. The van der Waals surface area contributed by atoms with Crippen molar-refractivity contribution < 1.29 is 19.1 Å². The quantitative estimate of drug-likeness (QED) is 0.732. The maximum Gasteiger partial charge on any atom is 0.424 e. The molecule has 5 heteroatoms. The minimum atomic E-state index is -0.751. The summed E-state index contributed by atoms with van der Waals surface area (Å²) >= 11 is 0. The van der Waals surface area contributed by atoms with E-state index in [4.69, 9.17) is 9.47 Å². The Labute approximate surface area is 138 Å². The standard InChI is InChI=1S/C18H27NO4/c1-12-9-10-14(13(2)11-12)19(15(20)22-17(3,4)5)16(21)23-18(6,7)8/h9-11H,1-8H3. The largest absolute Gasteiger partial charge is 0.443 e. The van der Waals surface area contributed by atoms with E-state index >= 15 is 0 Å². The summed E-state index contributed by atoms with van der Waals surface area (Å²) in [5.74, 6) is 0. The van der Waals surface area contributed by atoms with Gasteiger partial charge in [-0.2, -0.15) is 4.90 Å². The molecule has 23 heavy (non-hydrogen) atoms. The van der Waals surface area contributed by atoms with Crippen LogP contribution in [0.25, 0.3) is 0 Å². The molecule has 0 saturated heterocycles. The van der Waals surface area contributed by atoms with Gasteiger partial charge in [0.25, 0.3) is 0 Å². The fraction of sp³-hybridized carbons (Fsp3) is 0.556. The van der Waals surface area contributed by atoms with Crippen LogP contribution in [0.1, 0.15) is 52.7 Å². The molecule has 0 spiro atoms. The Morgan fingerprint density at radius 2 is 1.30 bits per heavy atom. The molecule has 0 unspecified atom stereocenters. The third-order valence-electron chi connectivity index (χ3n) is 2.75. The smallest absolute Gasteiger partial charge is 0.424 e. The van der Waals surface area contributed by atoms with E-state index in [9.17, 15) is 9.59 Å². The molecule has 1 aromatic rings. The number of hydrogen-bond acceptors (Lipinski definition) is 4. The van der Waals surface area contributed by atoms with Gasteiger partial charge in [0.1, 0.15) is 11.2 Å². The molecule has 1 rings (SSSR count). The molecule has 0 radical (unpaired) electrons. The van der Waals surface area contributed by atoms with Gasteiger partial charge in [-0.25, -0.2) is 9.59 Å². The summed E-state index contributed by atoms with van der Waals surface area (Å²) in [6, 6.07) is 5.46. The van der Waals surface area contributed by atoms with E-state index in [0.717, 1.165) is 16.0 Å². The maximum absolute atomic E-state index is 12.5. The minimum Gasteiger partial charge on any atom is -0.443 e. The predicted molar refractivity (Wildman–Crippen MR) is 90.9 cm³/mol. The number of nitrogens with zero attached hydrogens (tertiary/aromatic N) is 1. The van der Waals surface area contributed by atoms with Crippen LogP contribution in [0.15, 0.2) is 18.2 Å². The van der Waals surface area contributed by atoms with Crippen molar-refractivity contribution in [1.29, 1.82) is 0 Å². The van der Waals surface area contributed by atoms with Crippen LogP contribution in [0, 0.1) is 13.8 Å². The summed E-state index contributed by atoms with van der Waals surface area (Å²) in [6.07, 6.45) is -1.50. The summed E-state index contributed by atoms with van der Waals surface area (Å²) in [6.45, 7) is 14.3. The second-order valence-electron chi connectivity index (χ2n) is 7.59. The Kier molecular flexibility index (Phi) is 5.46. The van der Waals surface area contributed by atoms with Gasteiger partial charge < -0.3 is 9.47 Å². The first-order chi connectivity index (χ1) is 10.3. The second kappa shape index (κ2) is 6.60. The maximum atomic E-state index is 12.5. The van der Waals surface area contributed by atoms with Gasteiger partial charge in [-0.1, -0.05) is 17.7 Å². The second-order valence-corrected chi connectivity index (χ2v) is 7.59. The lowest BCUT2D eigenvalue weighted by atomic mass is 10.1. The normalized spacial score (nSPS) is 11.8. The van der Waals surface area contributed by atoms with Crippen molar-refractivity contribution in [2.24, 2.45) is 0 Å². The molecule has 0 aliphatic rings. The minimum absolute atomic E-state index is 0.458. The Morgan fingerprint density at radius 1 is 0.870 bits per heavy atom. The highest BCUT2D eigenvalue weighted by Crippen LogP contribution is 2.25. The topological polar surface area (TPSA) is 55.8 Å². The van der Waals surface area contributed by atoms with E-state index in [0.29, 0.717) is 5.69 Å². The van der Waals surface area contributed by atoms with Crippen molar-refractivity contribution in [1.82, 2.24) is 0 Å². The molecular weight excluding hydrogens is 294 g/mol. The molecule has 0 aromatic heterocycles. The average molecular weight is 321 g/mol. The van der Waals surface area contributed by atoms with Crippen LogP contribution >= 0.6 is 0 Å². The van der Waals surface area contributed by atoms with E-state index in [1.54, 1.807) is 47.6 Å². The van der Waals surface area contributed by atoms with Crippen molar-refractivity contribution >= 4 is 17.9 Å². The SMILES string of the molecule is Cc1ccc(N(C(=O)OC(C)(C)C)C(=O)OC(C)(C)C)c(C)c1. The Balaban J connectivity index is 3.25. The van der Waals surface area contributed by atoms with Gasteiger partial charge in [0.2, 0.25) is 0 Å². The predicted octanol–water partition coefficient (Wildman–Crippen LogP) is 4.98. The van der Waals surface area contributed by atoms with Crippen molar-refractivity contribution in [2.45, 2.75) is 66.6 Å². The summed E-state index contributed by atoms with van der Waals surface area (Å²) in [5.41, 5.74) is 0.867. The first-order valence-electron chi connectivity index (χ1n) is 7.63. The molecule has 0 N–H and O–H groups in total. The Hall–Kier alpha value is -2.04. The Bertz CT molecular complexity index is 566. The lowest BCUT2D eigenvalue weighted by Crippen LogP contribution is -2.44. The number of aryl methyl sites for hydroxylation is 2. The fourth-order valence-electron chi connectivity index (χ4n) is 1.94. The molecular formula is C18H27NO4. The Morgan fingerprint density at radius 3 is 1.65 bits per heavy atom. The third kappa shape index (κ3) is 5.93. The molecule has 2 amide bonds. The number of rotatable bonds is 1. The van der Waals surface area contributed by atoms with E-state index in [1.165, 1.54) is 0 Å². The van der Waals surface area contributed by atoms with E-state index in [2.05, 4.69) is 0 Å². The average Bonchev–Trinajstić information content (AvgIpc) is 2.27. The summed E-state index contributed by atoms with van der Waals surface area (Å²) in [4.78, 5) is 26.0.